The number of carbonyl (C=O) groups excluding carboxylic acids is 16. The number of aliphatic hydroxyl groups excluding tert-OH is 1. The maximum absolute atomic E-state index is 15.0. The van der Waals surface area contributed by atoms with Gasteiger partial charge in [-0.25, -0.2) is 4.79 Å². The average Bonchev–Trinajstić information content (AvgIpc) is 1.60. The summed E-state index contributed by atoms with van der Waals surface area (Å²) in [6.07, 6.45) is -2.34. The summed E-state index contributed by atoms with van der Waals surface area (Å²) in [6, 6.07) is 0.113. The number of esters is 1. The van der Waals surface area contributed by atoms with E-state index >= 15 is 4.79 Å². The molecule has 44 heteroatoms. The van der Waals surface area contributed by atoms with E-state index < -0.39 is 255 Å². The van der Waals surface area contributed by atoms with E-state index in [0.29, 0.717) is 40.5 Å². The van der Waals surface area contributed by atoms with Crippen molar-refractivity contribution in [1.82, 2.24) is 84.4 Å². The van der Waals surface area contributed by atoms with E-state index in [1.807, 2.05) is 28.8 Å². The number of carboxylic acid groups (broad SMARTS) is 4. The fourth-order valence-electron chi connectivity index (χ4n) is 13.3. The molecule has 0 radical (unpaired) electrons. The van der Waals surface area contributed by atoms with Crippen LogP contribution in [0.2, 0.25) is 0 Å². The number of aromatic amines is 1. The first kappa shape index (κ1) is 101. The summed E-state index contributed by atoms with van der Waals surface area (Å²) in [5.74, 6) is -29.8. The molecule has 24 N–H and O–H groups in total. The van der Waals surface area contributed by atoms with E-state index in [1.54, 1.807) is 48.7 Å². The number of nitrogen functional groups attached to an aromatic ring is 1. The van der Waals surface area contributed by atoms with Crippen LogP contribution in [0.5, 0.6) is 0 Å². The van der Waals surface area contributed by atoms with Crippen LogP contribution in [0, 0.1) is 5.92 Å². The third-order valence-corrected chi connectivity index (χ3v) is 20.0. The van der Waals surface area contributed by atoms with E-state index in [0.717, 1.165) is 58.3 Å². The second kappa shape index (κ2) is 50.5. The Hall–Kier alpha value is -14.1. The fraction of sp³-hybridized carbons (Fsp3) is 0.476. The van der Waals surface area contributed by atoms with Crippen molar-refractivity contribution >= 4 is 146 Å². The highest BCUT2D eigenvalue weighted by atomic mass is 16.5. The number of cyclic esters (lactones) is 1. The van der Waals surface area contributed by atoms with E-state index in [9.17, 15) is 117 Å². The lowest BCUT2D eigenvalue weighted by molar-refractivity contribution is -0.156. The van der Waals surface area contributed by atoms with Crippen LogP contribution in [0.25, 0.3) is 21.8 Å². The number of amides is 14. The van der Waals surface area contributed by atoms with Gasteiger partial charge in [0.15, 0.2) is 5.78 Å². The molecule has 0 saturated carbocycles. The number of aromatic nitrogens is 2. The van der Waals surface area contributed by atoms with Gasteiger partial charge in [-0.2, -0.15) is 0 Å². The smallest absolute Gasteiger partial charge is 0.329 e. The molecule has 0 aliphatic carbocycles. The highest BCUT2D eigenvalue weighted by molar-refractivity contribution is 6.05. The number of H-pyrrole nitrogens is 1. The van der Waals surface area contributed by atoms with Gasteiger partial charge in [-0.1, -0.05) is 107 Å². The van der Waals surface area contributed by atoms with E-state index in [4.69, 9.17) is 16.2 Å². The molecule has 682 valence electrons. The SMILES string of the molecule is CCCCCCCCCC(=O)N[C@@H](Cc1c[nH]c2ccccc12)C(=O)N[C@@H](CC(N)=O)C(=O)N[C@@H](CC(=O)O)C(=O)NC1C(=O)NCC(=O)N[C@@H](CCCNCc2ccc3ccccc3n2)C(=O)NC(CC(=O)O)C(=O)N[C@H](C)C(=O)N[C@@H](CC(=O)O)C(=O)NCC(=O)N[C@H](CO)C(=O)NC([C@H](C)CC(=O)O)C(=O)N[C@@H](CC(=O)c2ccccc2N)C(=O)OC1C. The number of pyridine rings is 1. The van der Waals surface area contributed by atoms with Crippen LogP contribution >= 0.6 is 0 Å². The van der Waals surface area contributed by atoms with Crippen LogP contribution in [-0.2, 0) is 109 Å². The second-order valence-electron chi connectivity index (χ2n) is 30.1. The van der Waals surface area contributed by atoms with Crippen LogP contribution < -0.4 is 85.9 Å². The molecule has 5 aromatic rings. The lowest BCUT2D eigenvalue weighted by atomic mass is 9.96. The molecule has 1 aliphatic heterocycles. The van der Waals surface area contributed by atoms with Gasteiger partial charge in [0.25, 0.3) is 0 Å². The Balaban J connectivity index is 1.42. The fourth-order valence-corrected chi connectivity index (χ4v) is 13.3. The Morgan fingerprint density at radius 3 is 1.77 bits per heavy atom. The van der Waals surface area contributed by atoms with Crippen molar-refractivity contribution in [2.75, 3.05) is 32.0 Å². The van der Waals surface area contributed by atoms with Crippen molar-refractivity contribution in [3.8, 4) is 0 Å². The Morgan fingerprint density at radius 1 is 0.548 bits per heavy atom. The van der Waals surface area contributed by atoms with Gasteiger partial charge in [-0.15, -0.1) is 0 Å². The molecule has 14 amide bonds. The maximum atomic E-state index is 15.0. The molecule has 3 aromatic carbocycles. The number of primary amides is 1. The first-order chi connectivity index (χ1) is 59.8. The topological polar surface area (TPSA) is 701 Å². The lowest BCUT2D eigenvalue weighted by Crippen LogP contribution is -2.62. The number of fused-ring (bicyclic) bond motifs is 2. The summed E-state index contributed by atoms with van der Waals surface area (Å²) in [6.45, 7) is 1.51. The molecule has 44 nitrogen and oxygen atoms in total. The van der Waals surface area contributed by atoms with Gasteiger partial charge in [0, 0.05) is 59.5 Å². The first-order valence-corrected chi connectivity index (χ1v) is 40.7. The number of aliphatic hydroxyl groups is 1. The number of carbonyl (C=O) groups is 20. The third-order valence-electron chi connectivity index (χ3n) is 20.0. The van der Waals surface area contributed by atoms with Gasteiger partial charge in [0.05, 0.1) is 63.0 Å². The zero-order valence-electron chi connectivity index (χ0n) is 69.6. The predicted molar refractivity (Wildman–Crippen MR) is 445 cm³/mol. The molecule has 6 rings (SSSR count). The standard InChI is InChI=1S/C82H108N18O26/c1-5-6-7-8-9-10-11-26-63(104)92-54(31-46-37-86-52-24-17-14-20-48(46)52)76(119)95-55(33-62(84)103)77(120)97-58(36-69(113)114)78(121)100-71-44(4)126-82(125)59(32-61(102)49-21-13-15-22-50(49)83)98-81(124)70(42(2)30-66(107)108)99-79(122)60(41-101)93-65(106)39-87-73(116)56(34-67(109)110)94-72(115)43(3)89-75(118)57(35-68(111)112)96-74(117)53(91-64(105)40-88-80(71)123)25-18-29-85-38-47-28-27-45-19-12-16-23-51(45)90-47/h12-17,19-24,27-28,37,42-44,53-60,70-71,85-86,101H,5-11,18,25-26,29-36,38-41,83H2,1-4H3,(H2,84,103)(H,87,116)(H,88,123)(H,89,118)(H,91,105)(H,92,104)(H,93,106)(H,94,115)(H,95,119)(H,96,117)(H,97,120)(H,98,124)(H,99,122)(H,100,121)(H,107,108)(H,109,110)(H,111,112)(H,113,114)/t42-,43-,44?,53+,54+,55+,56+,57?,58+,59+,60-,70?,71?/m1/s1. The monoisotopic (exact) mass is 1760 g/mol. The molecular formula is C82H108N18O26. The summed E-state index contributed by atoms with van der Waals surface area (Å²) in [7, 11) is 0. The summed E-state index contributed by atoms with van der Waals surface area (Å²) < 4.78 is 5.75. The molecule has 126 heavy (non-hydrogen) atoms. The molecule has 1 saturated heterocycles. The Kier molecular flexibility index (Phi) is 40.4. The van der Waals surface area contributed by atoms with Crippen molar-refractivity contribution < 1.29 is 126 Å². The number of para-hydroxylation sites is 3. The molecule has 3 heterocycles. The molecular weight excluding hydrogens is 1650 g/mol. The Bertz CT molecular complexity index is 4790. The zero-order valence-corrected chi connectivity index (χ0v) is 69.6. The minimum absolute atomic E-state index is 0.0225. The Labute approximate surface area is 721 Å². The summed E-state index contributed by atoms with van der Waals surface area (Å²) in [5, 5.41) is 83.7. The van der Waals surface area contributed by atoms with Crippen molar-refractivity contribution in [2.24, 2.45) is 11.7 Å². The summed E-state index contributed by atoms with van der Waals surface area (Å²) in [4.78, 5) is 284. The quantitative estimate of drug-likeness (QED) is 0.00799. The maximum Gasteiger partial charge on any atom is 0.329 e. The van der Waals surface area contributed by atoms with Crippen LogP contribution in [0.1, 0.15) is 152 Å². The Morgan fingerprint density at radius 2 is 1.12 bits per heavy atom. The molecule has 2 aromatic heterocycles. The minimum Gasteiger partial charge on any atom is -0.481 e. The number of ether oxygens (including phenoxy) is 1. The van der Waals surface area contributed by atoms with Crippen LogP contribution in [0.15, 0.2) is 91.1 Å². The number of rotatable bonds is 38. The van der Waals surface area contributed by atoms with Crippen LogP contribution in [0.4, 0.5) is 5.69 Å². The lowest BCUT2D eigenvalue weighted by Gasteiger charge is -2.30. The number of carboxylic acids is 4. The van der Waals surface area contributed by atoms with E-state index in [2.05, 4.69) is 80.7 Å². The number of hydrogen-bond donors (Lipinski definition) is 22. The van der Waals surface area contributed by atoms with Crippen LogP contribution in [0.3, 0.4) is 0 Å². The van der Waals surface area contributed by atoms with Crippen molar-refractivity contribution in [2.45, 2.75) is 216 Å². The van der Waals surface area contributed by atoms with Gasteiger partial charge in [-0.05, 0) is 81.5 Å². The molecule has 1 fully saturated rings. The number of nitrogens with two attached hydrogens (primary N) is 2. The number of aliphatic carboxylic acids is 4. The largest absolute Gasteiger partial charge is 0.481 e. The summed E-state index contributed by atoms with van der Waals surface area (Å²) in [5.41, 5.74) is 13.7. The van der Waals surface area contributed by atoms with Gasteiger partial charge in [-0.3, -0.25) is 96.1 Å². The highest BCUT2D eigenvalue weighted by Gasteiger charge is 2.41. The molecule has 1 aliphatic rings. The number of Topliss-reactive ketones (excluding diaryl/α,β-unsaturated/α-hetero) is 1. The van der Waals surface area contributed by atoms with Crippen molar-refractivity contribution in [1.29, 1.82) is 0 Å². The normalized spacial score (nSPS) is 20.4. The third kappa shape index (κ3) is 33.3. The molecule has 13 atom stereocenters. The number of benzene rings is 3. The van der Waals surface area contributed by atoms with Gasteiger partial charge in [0.2, 0.25) is 82.7 Å². The summed E-state index contributed by atoms with van der Waals surface area (Å²) >= 11 is 0. The number of hydrogen-bond acceptors (Lipinski definition) is 25. The van der Waals surface area contributed by atoms with Gasteiger partial charge < -0.3 is 121 Å². The molecule has 0 bridgehead atoms. The van der Waals surface area contributed by atoms with E-state index in [1.165, 1.54) is 24.3 Å². The zero-order chi connectivity index (χ0) is 92.9. The molecule has 0 spiro atoms. The number of nitrogens with zero attached hydrogens (tertiary/aromatic N) is 1. The number of nitrogens with one attached hydrogen (secondary N) is 15. The minimum atomic E-state index is -2.47. The van der Waals surface area contributed by atoms with Gasteiger partial charge in [0.1, 0.15) is 72.6 Å². The number of anilines is 1. The highest BCUT2D eigenvalue weighted by Crippen LogP contribution is 2.22. The van der Waals surface area contributed by atoms with Crippen molar-refractivity contribution in [3.63, 3.8) is 0 Å². The number of ketones is 1. The average molecular weight is 1760 g/mol. The van der Waals surface area contributed by atoms with Crippen molar-refractivity contribution in [3.05, 3.63) is 108 Å². The van der Waals surface area contributed by atoms with Gasteiger partial charge >= 0.3 is 29.8 Å². The first-order valence-electron chi connectivity index (χ1n) is 40.7. The molecule has 4 unspecified atom stereocenters. The second-order valence-corrected chi connectivity index (χ2v) is 30.1. The number of unbranched alkanes of at least 4 members (excludes halogenated alkanes) is 6. The van der Waals surface area contributed by atoms with Crippen LogP contribution in [-0.4, -0.2) is 253 Å². The van der Waals surface area contributed by atoms with E-state index in [-0.39, 0.29) is 50.0 Å². The predicted octanol–water partition coefficient (Wildman–Crippen LogP) is -3.24.